The number of rotatable bonds is 3. The molecule has 22 heavy (non-hydrogen) atoms. The fourth-order valence-corrected chi connectivity index (χ4v) is 4.53. The van der Waals surface area contributed by atoms with Crippen LogP contribution in [0.4, 0.5) is 5.69 Å². The van der Waals surface area contributed by atoms with E-state index >= 15 is 0 Å². The number of para-hydroxylation sites is 1. The predicted molar refractivity (Wildman–Crippen MR) is 88.6 cm³/mol. The highest BCUT2D eigenvalue weighted by Gasteiger charge is 2.24. The van der Waals surface area contributed by atoms with Crippen molar-refractivity contribution in [3.8, 4) is 0 Å². The Morgan fingerprint density at radius 2 is 1.64 bits per heavy atom. The summed E-state index contributed by atoms with van der Waals surface area (Å²) in [5.74, 6) is 0. The molecule has 3 nitrogen and oxygen atoms in total. The molecular weight excluding hydrogens is 294 g/mol. The summed E-state index contributed by atoms with van der Waals surface area (Å²) < 4.78 is 28.1. The lowest BCUT2D eigenvalue weighted by atomic mass is 10.1. The number of benzene rings is 3. The van der Waals surface area contributed by atoms with Crippen molar-refractivity contribution in [2.45, 2.75) is 17.7 Å². The first-order chi connectivity index (χ1) is 10.6. The molecule has 110 valence electrons. The van der Waals surface area contributed by atoms with Gasteiger partial charge in [0.15, 0.2) is 0 Å². The minimum atomic E-state index is -3.56. The zero-order valence-corrected chi connectivity index (χ0v) is 12.7. The maximum absolute atomic E-state index is 12.7. The third kappa shape index (κ3) is 2.07. The first kappa shape index (κ1) is 13.3. The van der Waals surface area contributed by atoms with Crippen LogP contribution in [0.15, 0.2) is 65.6 Å². The second kappa shape index (κ2) is 4.85. The van der Waals surface area contributed by atoms with E-state index in [0.717, 1.165) is 29.2 Å². The van der Waals surface area contributed by atoms with Crippen LogP contribution in [0.5, 0.6) is 0 Å². The van der Waals surface area contributed by atoms with Gasteiger partial charge < -0.3 is 0 Å². The van der Waals surface area contributed by atoms with Gasteiger partial charge in [-0.3, -0.25) is 4.72 Å². The van der Waals surface area contributed by atoms with Crippen molar-refractivity contribution in [1.29, 1.82) is 0 Å². The Labute approximate surface area is 129 Å². The van der Waals surface area contributed by atoms with Crippen molar-refractivity contribution in [3.63, 3.8) is 0 Å². The Morgan fingerprint density at radius 3 is 2.45 bits per heavy atom. The van der Waals surface area contributed by atoms with Crippen molar-refractivity contribution >= 4 is 26.5 Å². The SMILES string of the molecule is O=S(=O)(Nc1ccccc1)c1ccc2cccc3c2c1CC3. The lowest BCUT2D eigenvalue weighted by molar-refractivity contribution is 0.600. The summed E-state index contributed by atoms with van der Waals surface area (Å²) in [6, 6.07) is 18.8. The van der Waals surface area contributed by atoms with E-state index in [0.29, 0.717) is 10.6 Å². The van der Waals surface area contributed by atoms with Crippen LogP contribution in [0.3, 0.4) is 0 Å². The van der Waals surface area contributed by atoms with Crippen LogP contribution in [0.1, 0.15) is 11.1 Å². The summed E-state index contributed by atoms with van der Waals surface area (Å²) in [6.45, 7) is 0. The molecule has 3 aromatic rings. The molecule has 0 radical (unpaired) electrons. The number of sulfonamides is 1. The molecular formula is C18H15NO2S. The second-order valence-corrected chi connectivity index (χ2v) is 7.18. The molecule has 0 bridgehead atoms. The fourth-order valence-electron chi connectivity index (χ4n) is 3.20. The highest BCUT2D eigenvalue weighted by molar-refractivity contribution is 7.92. The van der Waals surface area contributed by atoms with Gasteiger partial charge in [-0.2, -0.15) is 0 Å². The quantitative estimate of drug-likeness (QED) is 0.801. The molecule has 0 atom stereocenters. The molecule has 0 heterocycles. The van der Waals surface area contributed by atoms with E-state index in [1.54, 1.807) is 18.2 Å². The van der Waals surface area contributed by atoms with E-state index in [1.807, 2.05) is 36.4 Å². The molecule has 4 rings (SSSR count). The van der Waals surface area contributed by atoms with E-state index in [2.05, 4.69) is 10.8 Å². The van der Waals surface area contributed by atoms with Gasteiger partial charge in [-0.1, -0.05) is 42.5 Å². The Kier molecular flexibility index (Phi) is 2.94. The zero-order chi connectivity index (χ0) is 15.2. The number of nitrogens with one attached hydrogen (secondary N) is 1. The summed E-state index contributed by atoms with van der Waals surface area (Å²) in [5, 5.41) is 2.22. The standard InChI is InChI=1S/C18H15NO2S/c20-22(21,19-15-7-2-1-3-8-15)17-12-10-14-6-4-5-13-9-11-16(17)18(13)14/h1-8,10,12,19H,9,11H2. The minimum absolute atomic E-state index is 0.397. The molecule has 0 aromatic heterocycles. The maximum Gasteiger partial charge on any atom is 0.262 e. The lowest BCUT2D eigenvalue weighted by Crippen LogP contribution is -2.14. The van der Waals surface area contributed by atoms with Gasteiger partial charge in [-0.05, 0) is 52.9 Å². The summed E-state index contributed by atoms with van der Waals surface area (Å²) in [6.07, 6.45) is 1.69. The van der Waals surface area contributed by atoms with Gasteiger partial charge in [0.1, 0.15) is 0 Å². The Balaban J connectivity index is 1.86. The van der Waals surface area contributed by atoms with Crippen LogP contribution in [0.2, 0.25) is 0 Å². The fraction of sp³-hybridized carbons (Fsp3) is 0.111. The van der Waals surface area contributed by atoms with Gasteiger partial charge in [-0.25, -0.2) is 8.42 Å². The third-order valence-corrected chi connectivity index (χ3v) is 5.62. The Morgan fingerprint density at radius 1 is 0.818 bits per heavy atom. The molecule has 0 fully saturated rings. The Bertz CT molecular complexity index is 963. The van der Waals surface area contributed by atoms with E-state index in [4.69, 9.17) is 0 Å². The average Bonchev–Trinajstić information content (AvgIpc) is 2.94. The van der Waals surface area contributed by atoms with Gasteiger partial charge in [0.05, 0.1) is 4.90 Å². The van der Waals surface area contributed by atoms with E-state index in [9.17, 15) is 8.42 Å². The topological polar surface area (TPSA) is 46.2 Å². The summed E-state index contributed by atoms with van der Waals surface area (Å²) in [5.41, 5.74) is 2.77. The normalized spacial score (nSPS) is 13.5. The molecule has 0 unspecified atom stereocenters. The monoisotopic (exact) mass is 309 g/mol. The van der Waals surface area contributed by atoms with Crippen LogP contribution in [0.25, 0.3) is 10.8 Å². The third-order valence-electron chi connectivity index (χ3n) is 4.16. The number of hydrogen-bond acceptors (Lipinski definition) is 2. The first-order valence-corrected chi connectivity index (χ1v) is 8.75. The van der Waals surface area contributed by atoms with Crippen molar-refractivity contribution in [2.75, 3.05) is 4.72 Å². The maximum atomic E-state index is 12.7. The molecule has 4 heteroatoms. The van der Waals surface area contributed by atoms with Gasteiger partial charge in [0, 0.05) is 5.69 Å². The minimum Gasteiger partial charge on any atom is -0.280 e. The predicted octanol–water partition coefficient (Wildman–Crippen LogP) is 3.74. The second-order valence-electron chi connectivity index (χ2n) is 5.53. The van der Waals surface area contributed by atoms with Crippen molar-refractivity contribution in [3.05, 3.63) is 71.8 Å². The van der Waals surface area contributed by atoms with Crippen LogP contribution >= 0.6 is 0 Å². The number of hydrogen-bond donors (Lipinski definition) is 1. The lowest BCUT2D eigenvalue weighted by Gasteiger charge is -2.12. The van der Waals surface area contributed by atoms with Crippen molar-refractivity contribution in [2.24, 2.45) is 0 Å². The van der Waals surface area contributed by atoms with Gasteiger partial charge >= 0.3 is 0 Å². The van der Waals surface area contributed by atoms with Gasteiger partial charge in [0.2, 0.25) is 0 Å². The smallest absolute Gasteiger partial charge is 0.262 e. The van der Waals surface area contributed by atoms with Crippen LogP contribution < -0.4 is 4.72 Å². The molecule has 0 aliphatic heterocycles. The average molecular weight is 309 g/mol. The first-order valence-electron chi connectivity index (χ1n) is 7.26. The van der Waals surface area contributed by atoms with Gasteiger partial charge in [0.25, 0.3) is 10.0 Å². The summed E-state index contributed by atoms with van der Waals surface area (Å²) in [7, 11) is -3.56. The zero-order valence-electron chi connectivity index (χ0n) is 11.9. The van der Waals surface area contributed by atoms with Crippen LogP contribution in [-0.4, -0.2) is 8.42 Å². The molecule has 0 spiro atoms. The Hall–Kier alpha value is -2.33. The molecule has 0 saturated carbocycles. The largest absolute Gasteiger partial charge is 0.280 e. The van der Waals surface area contributed by atoms with E-state index in [-0.39, 0.29) is 0 Å². The number of anilines is 1. The molecule has 1 N–H and O–H groups in total. The summed E-state index contributed by atoms with van der Waals surface area (Å²) >= 11 is 0. The number of aryl methyl sites for hydroxylation is 2. The highest BCUT2D eigenvalue weighted by atomic mass is 32.2. The van der Waals surface area contributed by atoms with Crippen LogP contribution in [0, 0.1) is 0 Å². The molecule has 1 aliphatic carbocycles. The molecule has 0 amide bonds. The molecule has 3 aromatic carbocycles. The van der Waals surface area contributed by atoms with Crippen molar-refractivity contribution < 1.29 is 8.42 Å². The highest BCUT2D eigenvalue weighted by Crippen LogP contribution is 2.35. The van der Waals surface area contributed by atoms with Crippen molar-refractivity contribution in [1.82, 2.24) is 0 Å². The molecule has 0 saturated heterocycles. The molecule has 1 aliphatic rings. The van der Waals surface area contributed by atoms with Gasteiger partial charge in [-0.15, -0.1) is 0 Å². The summed E-state index contributed by atoms with van der Waals surface area (Å²) in [4.78, 5) is 0.397. The van der Waals surface area contributed by atoms with E-state index in [1.165, 1.54) is 5.56 Å². The van der Waals surface area contributed by atoms with E-state index < -0.39 is 10.0 Å². The van der Waals surface area contributed by atoms with Crippen LogP contribution in [-0.2, 0) is 22.9 Å².